The van der Waals surface area contributed by atoms with Crippen molar-refractivity contribution in [3.05, 3.63) is 84.2 Å². The summed E-state index contributed by atoms with van der Waals surface area (Å²) in [6, 6.07) is 19.7. The van der Waals surface area contributed by atoms with E-state index >= 15 is 4.57 Å². The van der Waals surface area contributed by atoms with Crippen LogP contribution in [-0.2, 0) is 22.6 Å². The summed E-state index contributed by atoms with van der Waals surface area (Å²) in [5.41, 5.74) is 1.79. The third-order valence-corrected chi connectivity index (χ3v) is 28.1. The van der Waals surface area contributed by atoms with Gasteiger partial charge in [-0.1, -0.05) is 130 Å². The van der Waals surface area contributed by atoms with Crippen molar-refractivity contribution in [3.8, 4) is 0 Å². The van der Waals surface area contributed by atoms with E-state index in [1.807, 2.05) is 66.5 Å². The van der Waals surface area contributed by atoms with Gasteiger partial charge in [0.1, 0.15) is 6.10 Å². The molecule has 0 unspecified atom stereocenters. The van der Waals surface area contributed by atoms with E-state index in [1.165, 1.54) is 0 Å². The molecule has 280 valence electrons. The summed E-state index contributed by atoms with van der Waals surface area (Å²) >= 11 is 0. The summed E-state index contributed by atoms with van der Waals surface area (Å²) in [5, 5.41) is 1.72. The first-order valence-electron chi connectivity index (χ1n) is 18.5. The van der Waals surface area contributed by atoms with Gasteiger partial charge in [-0.2, -0.15) is 0 Å². The molecular formula is C41H69O5PSi3. The predicted octanol–water partition coefficient (Wildman–Crippen LogP) is 11.4. The second kappa shape index (κ2) is 15.9. The van der Waals surface area contributed by atoms with E-state index in [0.29, 0.717) is 19.6 Å². The van der Waals surface area contributed by atoms with Crippen LogP contribution in [0.5, 0.6) is 0 Å². The van der Waals surface area contributed by atoms with E-state index in [4.69, 9.17) is 24.6 Å². The van der Waals surface area contributed by atoms with E-state index in [0.717, 1.165) is 28.2 Å². The van der Waals surface area contributed by atoms with Crippen molar-refractivity contribution in [2.45, 2.75) is 148 Å². The standard InChI is InChI=1S/C41H69O5PSi3/c1-32-33(31-47(42,34-24-19-17-20-25-34)35-26-21-18-22-27-35)30-36(45-49(13,14)40(5,6)7)38(37(32)46-50(15,16)41(8,9)10)43-28-23-29-44-48(11,12)39(2,3)4/h17-22,24-27,31,36-38H,1,23,28-30H2,2-16H3/b33-31-/t36-,37+,38-/m1/s1. The Hall–Kier alpha value is -1.36. The van der Waals surface area contributed by atoms with Gasteiger partial charge in [-0.3, -0.25) is 0 Å². The van der Waals surface area contributed by atoms with Crippen LogP contribution in [0.25, 0.3) is 0 Å². The fraction of sp³-hybridized carbons (Fsp3) is 0.610. The van der Waals surface area contributed by atoms with E-state index in [1.54, 1.807) is 0 Å². The molecule has 0 amide bonds. The Labute approximate surface area is 309 Å². The molecule has 0 bridgehead atoms. The van der Waals surface area contributed by atoms with Crippen molar-refractivity contribution < 1.29 is 22.6 Å². The maximum atomic E-state index is 15.4. The maximum absolute atomic E-state index is 15.4. The third-order valence-electron chi connectivity index (χ3n) is 11.8. The molecule has 0 spiro atoms. The zero-order chi connectivity index (χ0) is 38.0. The molecule has 3 atom stereocenters. The van der Waals surface area contributed by atoms with Crippen LogP contribution >= 0.6 is 7.14 Å². The highest BCUT2D eigenvalue weighted by Crippen LogP contribution is 2.51. The van der Waals surface area contributed by atoms with Gasteiger partial charge in [-0.25, -0.2) is 0 Å². The lowest BCUT2D eigenvalue weighted by Gasteiger charge is -2.49. The number of rotatable bonds is 13. The van der Waals surface area contributed by atoms with Gasteiger partial charge in [-0.05, 0) is 77.8 Å². The highest BCUT2D eigenvalue weighted by atomic mass is 31.2. The molecule has 0 aliphatic heterocycles. The Morgan fingerprint density at radius 1 is 0.700 bits per heavy atom. The van der Waals surface area contributed by atoms with Gasteiger partial charge in [0, 0.05) is 30.2 Å². The van der Waals surface area contributed by atoms with Crippen molar-refractivity contribution in [1.29, 1.82) is 0 Å². The number of hydrogen-bond acceptors (Lipinski definition) is 5. The fourth-order valence-corrected chi connectivity index (χ4v) is 11.5. The Morgan fingerprint density at radius 3 is 1.58 bits per heavy atom. The summed E-state index contributed by atoms with van der Waals surface area (Å²) < 4.78 is 43.4. The molecule has 0 heterocycles. The summed E-state index contributed by atoms with van der Waals surface area (Å²) in [6.45, 7) is 40.1. The third kappa shape index (κ3) is 10.2. The molecule has 1 fully saturated rings. The summed E-state index contributed by atoms with van der Waals surface area (Å²) in [4.78, 5) is 0. The van der Waals surface area contributed by atoms with Crippen molar-refractivity contribution in [2.75, 3.05) is 13.2 Å². The first-order valence-corrected chi connectivity index (χ1v) is 29.0. The Morgan fingerprint density at radius 2 is 1.14 bits per heavy atom. The lowest BCUT2D eigenvalue weighted by atomic mass is 9.85. The van der Waals surface area contributed by atoms with Crippen LogP contribution in [0.2, 0.25) is 54.4 Å². The van der Waals surface area contributed by atoms with Gasteiger partial charge >= 0.3 is 0 Å². The summed E-state index contributed by atoms with van der Waals surface area (Å²) in [6.07, 6.45) is 0.256. The minimum atomic E-state index is -3.19. The van der Waals surface area contributed by atoms with Crippen LogP contribution in [0, 0.1) is 0 Å². The van der Waals surface area contributed by atoms with Gasteiger partial charge < -0.3 is 22.6 Å². The zero-order valence-electron chi connectivity index (χ0n) is 34.1. The summed E-state index contributed by atoms with van der Waals surface area (Å²) in [5.74, 6) is 2.01. The number of hydrogen-bond donors (Lipinski definition) is 0. The predicted molar refractivity (Wildman–Crippen MR) is 223 cm³/mol. The Balaban J connectivity index is 2.14. The lowest BCUT2D eigenvalue weighted by Crippen LogP contribution is -2.57. The molecule has 1 aliphatic carbocycles. The van der Waals surface area contributed by atoms with E-state index in [2.05, 4.69) is 102 Å². The largest absolute Gasteiger partial charge is 0.417 e. The van der Waals surface area contributed by atoms with Crippen LogP contribution in [0.3, 0.4) is 0 Å². The molecule has 3 rings (SSSR count). The van der Waals surface area contributed by atoms with Crippen molar-refractivity contribution >= 4 is 42.7 Å². The van der Waals surface area contributed by atoms with Crippen LogP contribution in [-0.4, -0.2) is 56.5 Å². The highest BCUT2D eigenvalue weighted by molar-refractivity contribution is 7.81. The molecule has 0 saturated heterocycles. The van der Waals surface area contributed by atoms with Gasteiger partial charge in [0.25, 0.3) is 0 Å². The van der Waals surface area contributed by atoms with E-state index < -0.39 is 38.2 Å². The van der Waals surface area contributed by atoms with Crippen LogP contribution < -0.4 is 10.6 Å². The topological polar surface area (TPSA) is 54.0 Å². The summed E-state index contributed by atoms with van der Waals surface area (Å²) in [7, 11) is -9.65. The first kappa shape index (κ1) is 43.0. The molecular weight excluding hydrogens is 688 g/mol. The number of benzene rings is 2. The van der Waals surface area contributed by atoms with E-state index in [-0.39, 0.29) is 27.3 Å². The molecule has 1 saturated carbocycles. The van der Waals surface area contributed by atoms with Crippen molar-refractivity contribution in [2.24, 2.45) is 0 Å². The average molecular weight is 757 g/mol. The SMILES string of the molecule is C=C1/C(=C\P(=O)(c2ccccc2)c2ccccc2)C[C@@H](O[Si](C)(C)C(C)(C)C)[C@@H](OCCCO[Si](C)(C)C(C)(C)C)[C@H]1O[Si](C)(C)C(C)(C)C. The molecule has 9 heteroatoms. The van der Waals surface area contributed by atoms with Gasteiger partial charge in [0.2, 0.25) is 0 Å². The molecule has 2 aromatic carbocycles. The molecule has 0 aromatic heterocycles. The number of ether oxygens (including phenoxy) is 1. The Kier molecular flexibility index (Phi) is 13.7. The van der Waals surface area contributed by atoms with Crippen LogP contribution in [0.4, 0.5) is 0 Å². The molecule has 50 heavy (non-hydrogen) atoms. The molecule has 0 N–H and O–H groups in total. The van der Waals surface area contributed by atoms with Crippen molar-refractivity contribution in [1.82, 2.24) is 0 Å². The second-order valence-corrected chi connectivity index (χ2v) is 35.7. The minimum absolute atomic E-state index is 0.00789. The molecule has 1 aliphatic rings. The Bertz CT molecular complexity index is 1460. The van der Waals surface area contributed by atoms with Crippen molar-refractivity contribution in [3.63, 3.8) is 0 Å². The fourth-order valence-electron chi connectivity index (χ4n) is 5.31. The van der Waals surface area contributed by atoms with Gasteiger partial charge in [0.15, 0.2) is 32.1 Å². The minimum Gasteiger partial charge on any atom is -0.417 e. The molecule has 2 aromatic rings. The maximum Gasteiger partial charge on any atom is 0.193 e. The highest BCUT2D eigenvalue weighted by Gasteiger charge is 2.50. The van der Waals surface area contributed by atoms with E-state index in [9.17, 15) is 0 Å². The normalized spacial score (nSPS) is 21.1. The average Bonchev–Trinajstić information content (AvgIpc) is 2.99. The zero-order valence-corrected chi connectivity index (χ0v) is 38.0. The molecule has 0 radical (unpaired) electrons. The van der Waals surface area contributed by atoms with Crippen LogP contribution in [0.1, 0.15) is 75.2 Å². The molecule has 5 nitrogen and oxygen atoms in total. The second-order valence-electron chi connectivity index (χ2n) is 18.7. The van der Waals surface area contributed by atoms with Gasteiger partial charge in [0.05, 0.1) is 12.2 Å². The first-order chi connectivity index (χ1) is 22.7. The van der Waals surface area contributed by atoms with Gasteiger partial charge in [-0.15, -0.1) is 0 Å². The quantitative estimate of drug-likeness (QED) is 0.116. The smallest absolute Gasteiger partial charge is 0.193 e. The lowest BCUT2D eigenvalue weighted by molar-refractivity contribution is -0.0879. The van der Waals surface area contributed by atoms with Crippen LogP contribution in [0.15, 0.2) is 84.2 Å². The monoisotopic (exact) mass is 756 g/mol.